The fraction of sp³-hybridized carbons (Fsp3) is 1.00. The molecule has 0 spiro atoms. The second-order valence-corrected chi connectivity index (χ2v) is 6.75. The average Bonchev–Trinajstić information content (AvgIpc) is 2.25. The first-order chi connectivity index (χ1) is 7.55. The topological polar surface area (TPSA) is 46.2 Å². The van der Waals surface area contributed by atoms with Crippen LogP contribution >= 0.6 is 0 Å². The molecule has 0 aromatic heterocycles. The molecule has 0 aliphatic rings. The molecule has 16 heavy (non-hydrogen) atoms. The molecule has 0 aliphatic carbocycles. The minimum Gasteiger partial charge on any atom is -0.314 e. The molecule has 0 amide bonds. The Morgan fingerprint density at radius 2 is 1.69 bits per heavy atom. The molecule has 0 aromatic carbocycles. The lowest BCUT2D eigenvalue weighted by Gasteiger charge is -2.17. The third kappa shape index (κ3) is 8.11. The van der Waals surface area contributed by atoms with Gasteiger partial charge in [-0.1, -0.05) is 33.6 Å². The normalized spacial score (nSPS) is 13.9. The maximum absolute atomic E-state index is 11.3. The molecule has 1 N–H and O–H groups in total. The zero-order valence-electron chi connectivity index (χ0n) is 11.0. The van der Waals surface area contributed by atoms with Crippen molar-refractivity contribution in [1.82, 2.24) is 5.32 Å². The summed E-state index contributed by atoms with van der Waals surface area (Å²) in [4.78, 5) is 0. The maximum atomic E-state index is 11.3. The molecule has 0 heterocycles. The largest absolute Gasteiger partial charge is 0.314 e. The molecule has 1 unspecified atom stereocenters. The van der Waals surface area contributed by atoms with E-state index in [-0.39, 0.29) is 5.75 Å². The molecular weight excluding hydrogens is 222 g/mol. The highest BCUT2D eigenvalue weighted by atomic mass is 32.2. The van der Waals surface area contributed by atoms with Crippen LogP contribution in [0.4, 0.5) is 0 Å². The summed E-state index contributed by atoms with van der Waals surface area (Å²) in [5.41, 5.74) is 0. The van der Waals surface area contributed by atoms with E-state index in [2.05, 4.69) is 19.2 Å². The summed E-state index contributed by atoms with van der Waals surface area (Å²) in [6.45, 7) is 6.97. The number of unbranched alkanes of at least 4 members (excludes halogenated alkanes) is 1. The molecule has 0 saturated carbocycles. The monoisotopic (exact) mass is 249 g/mol. The van der Waals surface area contributed by atoms with E-state index in [9.17, 15) is 8.42 Å². The van der Waals surface area contributed by atoms with Crippen LogP contribution in [0, 0.1) is 0 Å². The predicted molar refractivity (Wildman–Crippen MR) is 70.6 cm³/mol. The van der Waals surface area contributed by atoms with Crippen molar-refractivity contribution in [1.29, 1.82) is 0 Å². The summed E-state index contributed by atoms with van der Waals surface area (Å²) in [5, 5.41) is 3.43. The Bertz CT molecular complexity index is 250. The average molecular weight is 249 g/mol. The van der Waals surface area contributed by atoms with E-state index in [1.807, 2.05) is 0 Å². The van der Waals surface area contributed by atoms with Crippen molar-refractivity contribution in [2.45, 2.75) is 58.9 Å². The minimum atomic E-state index is -2.78. The van der Waals surface area contributed by atoms with E-state index >= 15 is 0 Å². The first-order valence-electron chi connectivity index (χ1n) is 6.49. The lowest BCUT2D eigenvalue weighted by Crippen LogP contribution is -2.29. The van der Waals surface area contributed by atoms with Crippen LogP contribution in [0.1, 0.15) is 52.9 Å². The van der Waals surface area contributed by atoms with Gasteiger partial charge in [0.25, 0.3) is 0 Å². The predicted octanol–water partition coefficient (Wildman–Crippen LogP) is 2.37. The number of nitrogens with one attached hydrogen (secondary N) is 1. The second-order valence-electron chi connectivity index (χ2n) is 4.28. The van der Waals surface area contributed by atoms with Crippen molar-refractivity contribution in [3.05, 3.63) is 0 Å². The Labute approximate surface area is 101 Å². The van der Waals surface area contributed by atoms with Gasteiger partial charge < -0.3 is 5.32 Å². The number of hydrogen-bond acceptors (Lipinski definition) is 3. The Morgan fingerprint density at radius 1 is 1.06 bits per heavy atom. The van der Waals surface area contributed by atoms with E-state index in [0.29, 0.717) is 11.8 Å². The van der Waals surface area contributed by atoms with Crippen LogP contribution in [0.3, 0.4) is 0 Å². The molecule has 0 aliphatic heterocycles. The summed E-state index contributed by atoms with van der Waals surface area (Å²) >= 11 is 0. The summed E-state index contributed by atoms with van der Waals surface area (Å²) in [5.74, 6) is 0.616. The molecule has 1 atom stereocenters. The fourth-order valence-corrected chi connectivity index (χ4v) is 2.68. The zero-order valence-corrected chi connectivity index (χ0v) is 11.8. The number of hydrogen-bond donors (Lipinski definition) is 1. The number of rotatable bonds is 10. The Morgan fingerprint density at radius 3 is 2.19 bits per heavy atom. The standard InChI is InChI=1S/C12H27NO2S/c1-4-7-9-12(13-5-2)10-8-11-16(14,15)6-3/h12-13H,4-11H2,1-3H3. The molecule has 0 fully saturated rings. The van der Waals surface area contributed by atoms with E-state index in [1.54, 1.807) is 6.92 Å². The van der Waals surface area contributed by atoms with Crippen LogP contribution in [-0.2, 0) is 9.84 Å². The number of sulfone groups is 1. The highest BCUT2D eigenvalue weighted by Gasteiger charge is 2.10. The quantitative estimate of drug-likeness (QED) is 0.646. The van der Waals surface area contributed by atoms with E-state index in [1.165, 1.54) is 12.8 Å². The molecule has 0 bridgehead atoms. The van der Waals surface area contributed by atoms with Gasteiger partial charge in [-0.3, -0.25) is 0 Å². The van der Waals surface area contributed by atoms with Gasteiger partial charge in [0.2, 0.25) is 0 Å². The van der Waals surface area contributed by atoms with Gasteiger partial charge in [0, 0.05) is 11.8 Å². The van der Waals surface area contributed by atoms with Crippen molar-refractivity contribution in [3.8, 4) is 0 Å². The van der Waals surface area contributed by atoms with E-state index in [4.69, 9.17) is 0 Å². The Kier molecular flexibility index (Phi) is 8.94. The smallest absolute Gasteiger partial charge is 0.150 e. The van der Waals surface area contributed by atoms with Gasteiger partial charge in [0.15, 0.2) is 0 Å². The third-order valence-corrected chi connectivity index (χ3v) is 4.64. The Hall–Kier alpha value is -0.0900. The third-order valence-electron chi connectivity index (χ3n) is 2.85. The molecule has 4 heteroatoms. The highest BCUT2D eigenvalue weighted by Crippen LogP contribution is 2.08. The van der Waals surface area contributed by atoms with Crippen molar-refractivity contribution in [2.24, 2.45) is 0 Å². The van der Waals surface area contributed by atoms with Crippen LogP contribution in [-0.4, -0.2) is 32.5 Å². The first kappa shape index (κ1) is 15.9. The zero-order chi connectivity index (χ0) is 12.4. The van der Waals surface area contributed by atoms with Crippen molar-refractivity contribution in [2.75, 3.05) is 18.1 Å². The molecular formula is C12H27NO2S. The second kappa shape index (κ2) is 8.99. The summed E-state index contributed by atoms with van der Waals surface area (Å²) < 4.78 is 22.7. The van der Waals surface area contributed by atoms with Gasteiger partial charge in [0.05, 0.1) is 5.75 Å². The van der Waals surface area contributed by atoms with Gasteiger partial charge in [-0.25, -0.2) is 8.42 Å². The molecule has 0 aromatic rings. The van der Waals surface area contributed by atoms with Crippen molar-refractivity contribution in [3.63, 3.8) is 0 Å². The molecule has 0 radical (unpaired) electrons. The van der Waals surface area contributed by atoms with E-state index < -0.39 is 9.84 Å². The van der Waals surface area contributed by atoms with Crippen LogP contribution in [0.15, 0.2) is 0 Å². The summed E-state index contributed by atoms with van der Waals surface area (Å²) in [6, 6.07) is 0.497. The van der Waals surface area contributed by atoms with Gasteiger partial charge in [-0.2, -0.15) is 0 Å². The van der Waals surface area contributed by atoms with Gasteiger partial charge in [-0.05, 0) is 25.8 Å². The lowest BCUT2D eigenvalue weighted by molar-refractivity contribution is 0.445. The van der Waals surface area contributed by atoms with Crippen molar-refractivity contribution >= 4 is 9.84 Å². The van der Waals surface area contributed by atoms with Crippen LogP contribution in [0.5, 0.6) is 0 Å². The van der Waals surface area contributed by atoms with Gasteiger partial charge in [0.1, 0.15) is 9.84 Å². The van der Waals surface area contributed by atoms with Crippen LogP contribution in [0.25, 0.3) is 0 Å². The van der Waals surface area contributed by atoms with Gasteiger partial charge in [-0.15, -0.1) is 0 Å². The van der Waals surface area contributed by atoms with E-state index in [0.717, 1.165) is 25.8 Å². The summed E-state index contributed by atoms with van der Waals surface area (Å²) in [7, 11) is -2.78. The molecule has 98 valence electrons. The van der Waals surface area contributed by atoms with Crippen LogP contribution in [0.2, 0.25) is 0 Å². The van der Waals surface area contributed by atoms with Crippen LogP contribution < -0.4 is 5.32 Å². The molecule has 0 saturated heterocycles. The minimum absolute atomic E-state index is 0.272. The molecule has 3 nitrogen and oxygen atoms in total. The van der Waals surface area contributed by atoms with Gasteiger partial charge >= 0.3 is 0 Å². The Balaban J connectivity index is 3.83. The maximum Gasteiger partial charge on any atom is 0.150 e. The van der Waals surface area contributed by atoms with Crippen molar-refractivity contribution < 1.29 is 8.42 Å². The summed E-state index contributed by atoms with van der Waals surface area (Å²) in [6.07, 6.45) is 5.36. The molecule has 0 rings (SSSR count). The first-order valence-corrected chi connectivity index (χ1v) is 8.31. The fourth-order valence-electron chi connectivity index (χ4n) is 1.78. The lowest BCUT2D eigenvalue weighted by atomic mass is 10.1. The SMILES string of the molecule is CCCCC(CCCS(=O)(=O)CC)NCC. The highest BCUT2D eigenvalue weighted by molar-refractivity contribution is 7.91.